The Hall–Kier alpha value is -2.49. The molecule has 0 aromatic heterocycles. The van der Waals surface area contributed by atoms with E-state index in [-0.39, 0.29) is 23.4 Å². The normalized spacial score (nSPS) is 11.8. The van der Waals surface area contributed by atoms with Crippen LogP contribution in [0.5, 0.6) is 0 Å². The van der Waals surface area contributed by atoms with E-state index in [4.69, 9.17) is 0 Å². The first-order chi connectivity index (χ1) is 10.5. The van der Waals surface area contributed by atoms with Gasteiger partial charge in [-0.2, -0.15) is 0 Å². The number of benzene rings is 2. The van der Waals surface area contributed by atoms with Crippen LogP contribution in [-0.4, -0.2) is 11.7 Å². The van der Waals surface area contributed by atoms with Crippen LogP contribution < -0.4 is 5.32 Å². The fourth-order valence-corrected chi connectivity index (χ4v) is 2.19. The monoisotopic (exact) mass is 299 g/mol. The molecular formula is C18H18FNO2. The van der Waals surface area contributed by atoms with Crippen molar-refractivity contribution in [2.24, 2.45) is 0 Å². The van der Waals surface area contributed by atoms with Gasteiger partial charge in [-0.25, -0.2) is 4.39 Å². The Morgan fingerprint density at radius 3 is 2.18 bits per heavy atom. The highest BCUT2D eigenvalue weighted by Crippen LogP contribution is 2.20. The Balaban J connectivity index is 1.94. The van der Waals surface area contributed by atoms with Crippen LogP contribution in [0.2, 0.25) is 0 Å². The van der Waals surface area contributed by atoms with E-state index in [9.17, 15) is 14.0 Å². The molecule has 0 aliphatic rings. The van der Waals surface area contributed by atoms with Crippen molar-refractivity contribution in [3.8, 4) is 0 Å². The third-order valence-electron chi connectivity index (χ3n) is 3.51. The molecule has 2 rings (SSSR count). The van der Waals surface area contributed by atoms with Crippen molar-refractivity contribution in [1.29, 1.82) is 0 Å². The third-order valence-corrected chi connectivity index (χ3v) is 3.51. The van der Waals surface area contributed by atoms with Crippen LogP contribution in [0.3, 0.4) is 0 Å². The Bertz CT molecular complexity index is 662. The van der Waals surface area contributed by atoms with Gasteiger partial charge in [0.2, 0.25) is 5.91 Å². The number of rotatable bonds is 5. The standard InChI is InChI=1S/C18H18FNO2/c1-12(14-3-7-16(19)8-4-14)11-18(22)20-17-9-5-15(6-10-17)13(2)21/h3-10,12H,11H2,1-2H3,(H,20,22). The molecule has 2 aromatic carbocycles. The average molecular weight is 299 g/mol. The fourth-order valence-electron chi connectivity index (χ4n) is 2.19. The number of Topliss-reactive ketones (excluding diaryl/α,β-unsaturated/α-hetero) is 1. The predicted octanol–water partition coefficient (Wildman–Crippen LogP) is 4.16. The number of halogens is 1. The zero-order valence-corrected chi connectivity index (χ0v) is 12.6. The quantitative estimate of drug-likeness (QED) is 0.843. The zero-order valence-electron chi connectivity index (χ0n) is 12.6. The second kappa shape index (κ2) is 6.98. The van der Waals surface area contributed by atoms with Gasteiger partial charge in [-0.1, -0.05) is 19.1 Å². The highest BCUT2D eigenvalue weighted by Gasteiger charge is 2.12. The van der Waals surface area contributed by atoms with Crippen LogP contribution in [-0.2, 0) is 4.79 Å². The molecule has 22 heavy (non-hydrogen) atoms. The number of hydrogen-bond donors (Lipinski definition) is 1. The van der Waals surface area contributed by atoms with Crippen LogP contribution in [0, 0.1) is 5.82 Å². The summed E-state index contributed by atoms with van der Waals surface area (Å²) in [7, 11) is 0. The third kappa shape index (κ3) is 4.25. The second-order valence-electron chi connectivity index (χ2n) is 5.34. The van der Waals surface area contributed by atoms with E-state index >= 15 is 0 Å². The van der Waals surface area contributed by atoms with Gasteiger partial charge in [0, 0.05) is 17.7 Å². The lowest BCUT2D eigenvalue weighted by molar-refractivity contribution is -0.116. The molecule has 114 valence electrons. The molecule has 0 saturated heterocycles. The van der Waals surface area contributed by atoms with E-state index in [1.807, 2.05) is 6.92 Å². The van der Waals surface area contributed by atoms with E-state index in [1.54, 1.807) is 36.4 Å². The molecule has 2 aromatic rings. The summed E-state index contributed by atoms with van der Waals surface area (Å²) in [5.74, 6) is -0.418. The summed E-state index contributed by atoms with van der Waals surface area (Å²) in [6, 6.07) is 12.9. The van der Waals surface area contributed by atoms with Gasteiger partial charge >= 0.3 is 0 Å². The summed E-state index contributed by atoms with van der Waals surface area (Å²) < 4.78 is 12.9. The molecule has 1 unspecified atom stereocenters. The zero-order chi connectivity index (χ0) is 16.1. The van der Waals surface area contributed by atoms with Crippen molar-refractivity contribution in [1.82, 2.24) is 0 Å². The van der Waals surface area contributed by atoms with Crippen molar-refractivity contribution in [3.05, 3.63) is 65.5 Å². The topological polar surface area (TPSA) is 46.2 Å². The number of anilines is 1. The van der Waals surface area contributed by atoms with Gasteiger partial charge in [0.15, 0.2) is 5.78 Å². The minimum atomic E-state index is -0.286. The Morgan fingerprint density at radius 1 is 1.05 bits per heavy atom. The molecule has 1 amide bonds. The smallest absolute Gasteiger partial charge is 0.224 e. The molecule has 0 bridgehead atoms. The molecule has 0 radical (unpaired) electrons. The average Bonchev–Trinajstić information content (AvgIpc) is 2.48. The summed E-state index contributed by atoms with van der Waals surface area (Å²) in [6.45, 7) is 3.42. The molecule has 1 N–H and O–H groups in total. The maximum atomic E-state index is 12.9. The summed E-state index contributed by atoms with van der Waals surface area (Å²) in [4.78, 5) is 23.2. The van der Waals surface area contributed by atoms with E-state index in [0.29, 0.717) is 17.7 Å². The van der Waals surface area contributed by atoms with Gasteiger partial charge in [0.1, 0.15) is 5.82 Å². The SMILES string of the molecule is CC(=O)c1ccc(NC(=O)CC(C)c2ccc(F)cc2)cc1. The van der Waals surface area contributed by atoms with E-state index in [0.717, 1.165) is 5.56 Å². The lowest BCUT2D eigenvalue weighted by Gasteiger charge is -2.12. The maximum absolute atomic E-state index is 12.9. The van der Waals surface area contributed by atoms with E-state index in [2.05, 4.69) is 5.32 Å². The van der Waals surface area contributed by atoms with E-state index < -0.39 is 0 Å². The van der Waals surface area contributed by atoms with Crippen LogP contribution in [0.1, 0.15) is 42.1 Å². The van der Waals surface area contributed by atoms with Gasteiger partial charge in [0.25, 0.3) is 0 Å². The van der Waals surface area contributed by atoms with Crippen LogP contribution in [0.15, 0.2) is 48.5 Å². The number of hydrogen-bond acceptors (Lipinski definition) is 2. The number of carbonyl (C=O) groups is 2. The van der Waals surface area contributed by atoms with Gasteiger partial charge in [-0.3, -0.25) is 9.59 Å². The minimum absolute atomic E-state index is 0.00269. The van der Waals surface area contributed by atoms with Crippen molar-refractivity contribution >= 4 is 17.4 Å². The second-order valence-corrected chi connectivity index (χ2v) is 5.34. The number of carbonyl (C=O) groups excluding carboxylic acids is 2. The van der Waals surface area contributed by atoms with Crippen LogP contribution >= 0.6 is 0 Å². The summed E-state index contributed by atoms with van der Waals surface area (Å²) in [6.07, 6.45) is 0.306. The highest BCUT2D eigenvalue weighted by molar-refractivity contribution is 5.95. The molecule has 0 heterocycles. The Labute approximate surface area is 129 Å². The molecule has 0 aliphatic heterocycles. The van der Waals surface area contributed by atoms with Crippen molar-refractivity contribution in [2.45, 2.75) is 26.2 Å². The molecule has 3 nitrogen and oxygen atoms in total. The van der Waals surface area contributed by atoms with Crippen molar-refractivity contribution in [2.75, 3.05) is 5.32 Å². The van der Waals surface area contributed by atoms with E-state index in [1.165, 1.54) is 19.1 Å². The summed E-state index contributed by atoms with van der Waals surface area (Å²) >= 11 is 0. The lowest BCUT2D eigenvalue weighted by atomic mass is 9.97. The molecule has 4 heteroatoms. The van der Waals surface area contributed by atoms with Gasteiger partial charge in [-0.15, -0.1) is 0 Å². The largest absolute Gasteiger partial charge is 0.326 e. The molecule has 0 saturated carbocycles. The Kier molecular flexibility index (Phi) is 5.04. The molecular weight excluding hydrogens is 281 g/mol. The van der Waals surface area contributed by atoms with Gasteiger partial charge in [-0.05, 0) is 54.8 Å². The molecule has 1 atom stereocenters. The van der Waals surface area contributed by atoms with Crippen molar-refractivity contribution in [3.63, 3.8) is 0 Å². The number of nitrogens with one attached hydrogen (secondary N) is 1. The minimum Gasteiger partial charge on any atom is -0.326 e. The van der Waals surface area contributed by atoms with Crippen molar-refractivity contribution < 1.29 is 14.0 Å². The fraction of sp³-hybridized carbons (Fsp3) is 0.222. The van der Waals surface area contributed by atoms with Crippen LogP contribution in [0.25, 0.3) is 0 Å². The maximum Gasteiger partial charge on any atom is 0.224 e. The highest BCUT2D eigenvalue weighted by atomic mass is 19.1. The number of amides is 1. The first-order valence-electron chi connectivity index (χ1n) is 7.12. The predicted molar refractivity (Wildman–Crippen MR) is 84.5 cm³/mol. The van der Waals surface area contributed by atoms with Gasteiger partial charge < -0.3 is 5.32 Å². The first-order valence-corrected chi connectivity index (χ1v) is 7.12. The molecule has 0 aliphatic carbocycles. The number of ketones is 1. The summed E-state index contributed by atoms with van der Waals surface area (Å²) in [5, 5.41) is 2.80. The first kappa shape index (κ1) is 15.9. The molecule has 0 fully saturated rings. The molecule has 0 spiro atoms. The Morgan fingerprint density at radius 2 is 1.64 bits per heavy atom. The lowest BCUT2D eigenvalue weighted by Crippen LogP contribution is -2.14. The van der Waals surface area contributed by atoms with Gasteiger partial charge in [0.05, 0.1) is 0 Å². The van der Waals surface area contributed by atoms with Crippen LogP contribution in [0.4, 0.5) is 10.1 Å². The summed E-state index contributed by atoms with van der Waals surface area (Å²) in [5.41, 5.74) is 2.18.